The number of methoxy groups -OCH3 is 1. The van der Waals surface area contributed by atoms with Crippen LogP contribution in [0.3, 0.4) is 0 Å². The molecule has 0 aliphatic rings. The Balaban J connectivity index is 1.53. The van der Waals surface area contributed by atoms with Crippen molar-refractivity contribution in [2.75, 3.05) is 7.11 Å². The van der Waals surface area contributed by atoms with Gasteiger partial charge in [-0.2, -0.15) is 5.10 Å². The summed E-state index contributed by atoms with van der Waals surface area (Å²) in [4.78, 5) is 12.7. The summed E-state index contributed by atoms with van der Waals surface area (Å²) >= 11 is 6.49. The Hall–Kier alpha value is -3.72. The Bertz CT molecular complexity index is 1360. The number of benzene rings is 1. The van der Waals surface area contributed by atoms with E-state index in [2.05, 4.69) is 25.1 Å². The second kappa shape index (κ2) is 6.71. The van der Waals surface area contributed by atoms with Crippen LogP contribution in [0.15, 0.2) is 49.2 Å². The maximum atomic E-state index is 6.49. The second-order valence-electron chi connectivity index (χ2n) is 6.22. The lowest BCUT2D eigenvalue weighted by atomic mass is 10.3. The maximum Gasteiger partial charge on any atom is 0.244 e. The van der Waals surface area contributed by atoms with Gasteiger partial charge in [-0.05, 0) is 31.2 Å². The number of ether oxygens (including phenoxy) is 2. The highest BCUT2D eigenvalue weighted by molar-refractivity contribution is 6.32. The van der Waals surface area contributed by atoms with Gasteiger partial charge in [0, 0.05) is 12.3 Å². The first-order valence-electron chi connectivity index (χ1n) is 8.65. The average molecular weight is 408 g/mol. The van der Waals surface area contributed by atoms with Crippen molar-refractivity contribution in [3.05, 3.63) is 59.9 Å². The third-order valence-corrected chi connectivity index (χ3v) is 4.75. The first-order valence-corrected chi connectivity index (χ1v) is 9.03. The van der Waals surface area contributed by atoms with E-state index in [1.54, 1.807) is 46.8 Å². The van der Waals surface area contributed by atoms with E-state index in [0.29, 0.717) is 33.7 Å². The lowest BCUT2D eigenvalue weighted by molar-refractivity contribution is 0.398. The Morgan fingerprint density at radius 3 is 2.76 bits per heavy atom. The highest BCUT2D eigenvalue weighted by atomic mass is 35.5. The van der Waals surface area contributed by atoms with Crippen molar-refractivity contribution in [1.82, 2.24) is 34.3 Å². The average Bonchev–Trinajstić information content (AvgIpc) is 3.34. The number of pyridine rings is 1. The van der Waals surface area contributed by atoms with Gasteiger partial charge in [0.05, 0.1) is 23.5 Å². The zero-order chi connectivity index (χ0) is 20.0. The smallest absolute Gasteiger partial charge is 0.244 e. The predicted molar refractivity (Wildman–Crippen MR) is 106 cm³/mol. The molecule has 0 N–H and O–H groups in total. The lowest BCUT2D eigenvalue weighted by Gasteiger charge is -2.10. The summed E-state index contributed by atoms with van der Waals surface area (Å²) in [6, 6.07) is 8.95. The molecule has 9 nitrogen and oxygen atoms in total. The van der Waals surface area contributed by atoms with Gasteiger partial charge in [-0.25, -0.2) is 24.1 Å². The van der Waals surface area contributed by atoms with E-state index >= 15 is 0 Å². The van der Waals surface area contributed by atoms with Crippen LogP contribution in [-0.4, -0.2) is 41.5 Å². The molecule has 0 radical (unpaired) electrons. The summed E-state index contributed by atoms with van der Waals surface area (Å²) < 4.78 is 14.6. The monoisotopic (exact) mass is 407 g/mol. The van der Waals surface area contributed by atoms with Crippen molar-refractivity contribution in [2.24, 2.45) is 0 Å². The van der Waals surface area contributed by atoms with Gasteiger partial charge in [0.2, 0.25) is 5.88 Å². The van der Waals surface area contributed by atoms with Crippen molar-refractivity contribution < 1.29 is 9.47 Å². The van der Waals surface area contributed by atoms with Crippen LogP contribution in [0.25, 0.3) is 22.4 Å². The summed E-state index contributed by atoms with van der Waals surface area (Å²) in [7, 11) is 1.56. The summed E-state index contributed by atoms with van der Waals surface area (Å²) in [6.45, 7) is 1.88. The van der Waals surface area contributed by atoms with Gasteiger partial charge in [-0.3, -0.25) is 0 Å². The van der Waals surface area contributed by atoms with E-state index in [1.807, 2.05) is 13.0 Å². The third kappa shape index (κ3) is 2.92. The van der Waals surface area contributed by atoms with Crippen LogP contribution in [-0.2, 0) is 0 Å². The van der Waals surface area contributed by atoms with Crippen LogP contribution in [0, 0.1) is 6.92 Å². The van der Waals surface area contributed by atoms with E-state index in [4.69, 9.17) is 21.1 Å². The molecule has 0 atom stereocenters. The SMILES string of the molecule is COc1nn(-c2ccc(Oc3ccn4ncnc4c3)c(Cl)c2)c2ncnc(C)c12. The molecule has 4 heterocycles. The zero-order valence-electron chi connectivity index (χ0n) is 15.4. The van der Waals surface area contributed by atoms with E-state index in [1.165, 1.54) is 12.7 Å². The highest BCUT2D eigenvalue weighted by Gasteiger charge is 2.17. The fraction of sp³-hybridized carbons (Fsp3) is 0.105. The molecule has 0 saturated carbocycles. The molecule has 144 valence electrons. The summed E-state index contributed by atoms with van der Waals surface area (Å²) in [5, 5.41) is 9.75. The number of hydrogen-bond acceptors (Lipinski definition) is 7. The van der Waals surface area contributed by atoms with Crippen LogP contribution >= 0.6 is 11.6 Å². The molecule has 1 aromatic carbocycles. The number of aryl methyl sites for hydroxylation is 1. The molecule has 10 heteroatoms. The predicted octanol–water partition coefficient (Wildman–Crippen LogP) is 3.62. The van der Waals surface area contributed by atoms with E-state index < -0.39 is 0 Å². The van der Waals surface area contributed by atoms with Crippen molar-refractivity contribution in [3.8, 4) is 23.1 Å². The van der Waals surface area contributed by atoms with Crippen LogP contribution in [0.5, 0.6) is 17.4 Å². The van der Waals surface area contributed by atoms with Crippen LogP contribution in [0.2, 0.25) is 5.02 Å². The molecular formula is C19H14ClN7O2. The summed E-state index contributed by atoms with van der Waals surface area (Å²) in [6.07, 6.45) is 4.74. The molecule has 0 saturated heterocycles. The van der Waals surface area contributed by atoms with Gasteiger partial charge < -0.3 is 9.47 Å². The summed E-state index contributed by atoms with van der Waals surface area (Å²) in [5.74, 6) is 1.57. The molecule has 0 aliphatic heterocycles. The van der Waals surface area contributed by atoms with Crippen LogP contribution in [0.1, 0.15) is 5.69 Å². The van der Waals surface area contributed by atoms with E-state index in [-0.39, 0.29) is 0 Å². The maximum absolute atomic E-state index is 6.49. The molecule has 0 spiro atoms. The van der Waals surface area contributed by atoms with Gasteiger partial charge in [-0.1, -0.05) is 11.6 Å². The van der Waals surface area contributed by atoms with E-state index in [9.17, 15) is 0 Å². The Kier molecular flexibility index (Phi) is 4.02. The number of aromatic nitrogens is 7. The third-order valence-electron chi connectivity index (χ3n) is 4.46. The summed E-state index contributed by atoms with van der Waals surface area (Å²) in [5.41, 5.74) is 2.83. The van der Waals surface area contributed by atoms with Gasteiger partial charge in [-0.15, -0.1) is 5.10 Å². The number of fused-ring (bicyclic) bond motifs is 2. The molecule has 5 rings (SSSR count). The molecule has 0 unspecified atom stereocenters. The van der Waals surface area contributed by atoms with Crippen molar-refractivity contribution in [2.45, 2.75) is 6.92 Å². The number of rotatable bonds is 4. The van der Waals surface area contributed by atoms with Gasteiger partial charge in [0.1, 0.15) is 29.5 Å². The molecule has 0 bridgehead atoms. The van der Waals surface area contributed by atoms with E-state index in [0.717, 1.165) is 16.8 Å². The quantitative estimate of drug-likeness (QED) is 0.449. The lowest BCUT2D eigenvalue weighted by Crippen LogP contribution is -1.99. The standard InChI is InChI=1S/C19H14ClN7O2/c1-11-17-18(23-9-21-11)27(25-19(17)28-2)12-3-4-15(14(20)7-12)29-13-5-6-26-16(8-13)22-10-24-26/h3-10H,1-2H3. The molecule has 4 aromatic heterocycles. The normalized spacial score (nSPS) is 11.3. The van der Waals surface area contributed by atoms with Gasteiger partial charge in [0.25, 0.3) is 0 Å². The molecular weight excluding hydrogens is 394 g/mol. The fourth-order valence-electron chi connectivity index (χ4n) is 3.07. The van der Waals surface area contributed by atoms with Gasteiger partial charge >= 0.3 is 0 Å². The first-order chi connectivity index (χ1) is 14.1. The van der Waals surface area contributed by atoms with Crippen molar-refractivity contribution >= 4 is 28.3 Å². The Morgan fingerprint density at radius 2 is 1.93 bits per heavy atom. The van der Waals surface area contributed by atoms with Crippen LogP contribution < -0.4 is 9.47 Å². The minimum Gasteiger partial charge on any atom is -0.479 e. The first kappa shape index (κ1) is 17.4. The molecule has 0 amide bonds. The van der Waals surface area contributed by atoms with Gasteiger partial charge in [0.15, 0.2) is 11.3 Å². The number of nitrogens with zero attached hydrogens (tertiary/aromatic N) is 7. The topological polar surface area (TPSA) is 92.2 Å². The fourth-order valence-corrected chi connectivity index (χ4v) is 3.29. The minimum absolute atomic E-state index is 0.428. The molecule has 0 fully saturated rings. The minimum atomic E-state index is 0.428. The number of hydrogen-bond donors (Lipinski definition) is 0. The Morgan fingerprint density at radius 1 is 1.03 bits per heavy atom. The highest BCUT2D eigenvalue weighted by Crippen LogP contribution is 2.33. The zero-order valence-corrected chi connectivity index (χ0v) is 16.2. The molecule has 29 heavy (non-hydrogen) atoms. The van der Waals surface area contributed by atoms with Crippen LogP contribution in [0.4, 0.5) is 0 Å². The van der Waals surface area contributed by atoms with Crippen molar-refractivity contribution in [3.63, 3.8) is 0 Å². The Labute approximate surface area is 169 Å². The molecule has 5 aromatic rings. The largest absolute Gasteiger partial charge is 0.479 e. The second-order valence-corrected chi connectivity index (χ2v) is 6.63. The number of halogens is 1. The molecule has 0 aliphatic carbocycles. The van der Waals surface area contributed by atoms with Crippen molar-refractivity contribution in [1.29, 1.82) is 0 Å².